The monoisotopic (exact) mass is 318 g/mol. The van der Waals surface area contributed by atoms with Crippen LogP contribution in [-0.4, -0.2) is 16.8 Å². The number of Topliss-reactive ketones (excluding diaryl/α,β-unsaturated/α-hetero) is 1. The number of ketones is 1. The summed E-state index contributed by atoms with van der Waals surface area (Å²) in [5, 5.41) is 0.214. The summed E-state index contributed by atoms with van der Waals surface area (Å²) in [6.45, 7) is 0. The minimum absolute atomic E-state index is 0.214. The molecule has 0 saturated carbocycles. The Bertz CT molecular complexity index is 345. The van der Waals surface area contributed by atoms with Crippen molar-refractivity contribution < 1.29 is 4.79 Å². The summed E-state index contributed by atoms with van der Waals surface area (Å²) in [6.07, 6.45) is 2.24. The molecule has 0 radical (unpaired) electrons. The lowest BCUT2D eigenvalue weighted by Gasteiger charge is -2.08. The van der Waals surface area contributed by atoms with E-state index in [9.17, 15) is 4.79 Å². The number of hydrogen-bond donors (Lipinski definition) is 0. The molecule has 1 nitrogen and oxygen atoms in total. The van der Waals surface area contributed by atoms with Crippen molar-refractivity contribution in [2.75, 3.05) is 5.75 Å². The molecule has 1 heterocycles. The van der Waals surface area contributed by atoms with Gasteiger partial charge in [0.1, 0.15) is 0 Å². The Hall–Kier alpha value is -0.0300. The van der Waals surface area contributed by atoms with Crippen LogP contribution in [0.2, 0.25) is 0 Å². The lowest BCUT2D eigenvalue weighted by atomic mass is 10.1. The second-order valence-electron chi connectivity index (χ2n) is 3.35. The van der Waals surface area contributed by atoms with Crippen molar-refractivity contribution in [3.63, 3.8) is 0 Å². The lowest BCUT2D eigenvalue weighted by Crippen LogP contribution is -2.15. The van der Waals surface area contributed by atoms with Gasteiger partial charge in [0.05, 0.1) is 5.25 Å². The van der Waals surface area contributed by atoms with Crippen LogP contribution in [0.3, 0.4) is 0 Å². The van der Waals surface area contributed by atoms with Gasteiger partial charge in [0, 0.05) is 9.13 Å². The zero-order valence-corrected chi connectivity index (χ0v) is 10.7. The van der Waals surface area contributed by atoms with Gasteiger partial charge in [0.25, 0.3) is 0 Å². The smallest absolute Gasteiger partial charge is 0.176 e. The van der Waals surface area contributed by atoms with E-state index in [1.165, 1.54) is 6.42 Å². The van der Waals surface area contributed by atoms with E-state index in [4.69, 9.17) is 0 Å². The van der Waals surface area contributed by atoms with Gasteiger partial charge in [-0.3, -0.25) is 4.79 Å². The van der Waals surface area contributed by atoms with Crippen LogP contribution in [0.5, 0.6) is 0 Å². The van der Waals surface area contributed by atoms with Gasteiger partial charge in [0.2, 0.25) is 0 Å². The maximum absolute atomic E-state index is 12.0. The van der Waals surface area contributed by atoms with Crippen LogP contribution in [0, 0.1) is 3.57 Å². The van der Waals surface area contributed by atoms with Gasteiger partial charge in [-0.05, 0) is 47.3 Å². The number of benzene rings is 1. The summed E-state index contributed by atoms with van der Waals surface area (Å²) in [5.41, 5.74) is 0.896. The van der Waals surface area contributed by atoms with Crippen molar-refractivity contribution in [1.82, 2.24) is 0 Å². The summed E-state index contributed by atoms with van der Waals surface area (Å²) in [7, 11) is 0. The fourth-order valence-corrected chi connectivity index (χ4v) is 3.50. The number of rotatable bonds is 2. The molecule has 0 aliphatic carbocycles. The molecule has 1 aliphatic rings. The predicted octanol–water partition coefficient (Wildman–Crippen LogP) is 3.37. The molecule has 1 atom stereocenters. The lowest BCUT2D eigenvalue weighted by molar-refractivity contribution is 0.0987. The largest absolute Gasteiger partial charge is 0.293 e. The minimum Gasteiger partial charge on any atom is -0.293 e. The molecule has 74 valence electrons. The maximum atomic E-state index is 12.0. The molecule has 0 spiro atoms. The Morgan fingerprint density at radius 1 is 1.43 bits per heavy atom. The van der Waals surface area contributed by atoms with E-state index >= 15 is 0 Å². The summed E-state index contributed by atoms with van der Waals surface area (Å²) >= 11 is 4.03. The van der Waals surface area contributed by atoms with Crippen molar-refractivity contribution in [2.45, 2.75) is 18.1 Å². The predicted molar refractivity (Wildman–Crippen MR) is 69.0 cm³/mol. The Labute approximate surface area is 102 Å². The highest BCUT2D eigenvalue weighted by Crippen LogP contribution is 2.30. The van der Waals surface area contributed by atoms with Crippen molar-refractivity contribution >= 4 is 40.1 Å². The summed E-state index contributed by atoms with van der Waals surface area (Å²) in [4.78, 5) is 12.0. The molecule has 14 heavy (non-hydrogen) atoms. The highest BCUT2D eigenvalue weighted by atomic mass is 127. The van der Waals surface area contributed by atoms with Crippen molar-refractivity contribution in [3.8, 4) is 0 Å². The molecular weight excluding hydrogens is 307 g/mol. The van der Waals surface area contributed by atoms with E-state index in [2.05, 4.69) is 22.6 Å². The first-order chi connectivity index (χ1) is 6.79. The first-order valence-electron chi connectivity index (χ1n) is 4.69. The first kappa shape index (κ1) is 10.5. The molecule has 0 bridgehead atoms. The SMILES string of the molecule is O=C(c1ccccc1I)C1CCCS1. The number of carbonyl (C=O) groups excluding carboxylic acids is 1. The van der Waals surface area contributed by atoms with Gasteiger partial charge >= 0.3 is 0 Å². The molecule has 0 aromatic heterocycles. The molecule has 2 rings (SSSR count). The molecule has 3 heteroatoms. The molecule has 1 saturated heterocycles. The Balaban J connectivity index is 2.22. The molecule has 0 amide bonds. The molecule has 1 fully saturated rings. The van der Waals surface area contributed by atoms with Gasteiger partial charge in [0.15, 0.2) is 5.78 Å². The third kappa shape index (κ3) is 2.14. The summed E-state index contributed by atoms with van der Waals surface area (Å²) < 4.78 is 1.07. The highest BCUT2D eigenvalue weighted by molar-refractivity contribution is 14.1. The van der Waals surface area contributed by atoms with Gasteiger partial charge < -0.3 is 0 Å². The molecular formula is C11H11IOS. The second-order valence-corrected chi connectivity index (χ2v) is 5.82. The average Bonchev–Trinajstić information content (AvgIpc) is 2.70. The van der Waals surface area contributed by atoms with Crippen LogP contribution in [0.1, 0.15) is 23.2 Å². The van der Waals surface area contributed by atoms with Crippen LogP contribution in [0.25, 0.3) is 0 Å². The zero-order valence-electron chi connectivity index (χ0n) is 7.70. The Kier molecular flexibility index (Phi) is 3.49. The van der Waals surface area contributed by atoms with Crippen molar-refractivity contribution in [3.05, 3.63) is 33.4 Å². The Morgan fingerprint density at radius 2 is 2.21 bits per heavy atom. The third-order valence-electron chi connectivity index (χ3n) is 2.36. The summed E-state index contributed by atoms with van der Waals surface area (Å²) in [6, 6.07) is 7.84. The normalized spacial score (nSPS) is 21.1. The number of carbonyl (C=O) groups is 1. The van der Waals surface area contributed by atoms with E-state index in [1.807, 2.05) is 24.3 Å². The molecule has 0 N–H and O–H groups in total. The van der Waals surface area contributed by atoms with E-state index < -0.39 is 0 Å². The van der Waals surface area contributed by atoms with Gasteiger partial charge in [-0.15, -0.1) is 0 Å². The summed E-state index contributed by atoms with van der Waals surface area (Å²) in [5.74, 6) is 1.46. The number of halogens is 1. The topological polar surface area (TPSA) is 17.1 Å². The zero-order chi connectivity index (χ0) is 9.97. The highest BCUT2D eigenvalue weighted by Gasteiger charge is 2.25. The molecule has 1 aromatic rings. The fraction of sp³-hybridized carbons (Fsp3) is 0.364. The van der Waals surface area contributed by atoms with E-state index in [0.29, 0.717) is 5.78 Å². The maximum Gasteiger partial charge on any atom is 0.176 e. The van der Waals surface area contributed by atoms with Gasteiger partial charge in [-0.25, -0.2) is 0 Å². The van der Waals surface area contributed by atoms with Crippen molar-refractivity contribution in [2.24, 2.45) is 0 Å². The van der Waals surface area contributed by atoms with Crippen molar-refractivity contribution in [1.29, 1.82) is 0 Å². The van der Waals surface area contributed by atoms with E-state index in [-0.39, 0.29) is 5.25 Å². The standard InChI is InChI=1S/C11H11IOS/c12-9-5-2-1-4-8(9)11(13)10-6-3-7-14-10/h1-2,4-5,10H,3,6-7H2. The van der Waals surface area contributed by atoms with Crippen LogP contribution < -0.4 is 0 Å². The minimum atomic E-state index is 0.214. The van der Waals surface area contributed by atoms with Crippen LogP contribution >= 0.6 is 34.4 Å². The van der Waals surface area contributed by atoms with Crippen LogP contribution in [0.15, 0.2) is 24.3 Å². The van der Waals surface area contributed by atoms with Crippen LogP contribution in [-0.2, 0) is 0 Å². The molecule has 1 aromatic carbocycles. The second kappa shape index (κ2) is 4.66. The quantitative estimate of drug-likeness (QED) is 0.614. The molecule has 1 unspecified atom stereocenters. The number of thioether (sulfide) groups is 1. The number of hydrogen-bond acceptors (Lipinski definition) is 2. The average molecular weight is 318 g/mol. The first-order valence-corrected chi connectivity index (χ1v) is 6.82. The van der Waals surface area contributed by atoms with E-state index in [0.717, 1.165) is 21.3 Å². The fourth-order valence-electron chi connectivity index (χ4n) is 1.62. The Morgan fingerprint density at radius 3 is 2.86 bits per heavy atom. The third-order valence-corrected chi connectivity index (χ3v) is 4.68. The van der Waals surface area contributed by atoms with Gasteiger partial charge in [-0.2, -0.15) is 11.8 Å². The molecule has 1 aliphatic heterocycles. The van der Waals surface area contributed by atoms with E-state index in [1.54, 1.807) is 11.8 Å². The van der Waals surface area contributed by atoms with Crippen LogP contribution in [0.4, 0.5) is 0 Å². The van der Waals surface area contributed by atoms with Gasteiger partial charge in [-0.1, -0.05) is 18.2 Å².